The van der Waals surface area contributed by atoms with E-state index in [0.717, 1.165) is 18.3 Å². The normalized spacial score (nSPS) is 25.4. The van der Waals surface area contributed by atoms with Gasteiger partial charge in [0, 0.05) is 5.54 Å². The molecule has 0 atom stereocenters. The summed E-state index contributed by atoms with van der Waals surface area (Å²) in [6.45, 7) is 1.74. The largest absolute Gasteiger partial charge is 0.433 e. The third-order valence-corrected chi connectivity index (χ3v) is 7.36. The predicted octanol–water partition coefficient (Wildman–Crippen LogP) is 5.73. The van der Waals surface area contributed by atoms with Crippen LogP contribution in [-0.4, -0.2) is 42.1 Å². The molecule has 2 amide bonds. The summed E-state index contributed by atoms with van der Waals surface area (Å²) in [6, 6.07) is 5.84. The number of aromatic nitrogens is 1. The highest BCUT2D eigenvalue weighted by molar-refractivity contribution is 5.96. The van der Waals surface area contributed by atoms with E-state index in [1.807, 2.05) is 19.0 Å². The topological polar surface area (TPSA) is 48.5 Å². The van der Waals surface area contributed by atoms with Crippen LogP contribution in [0.4, 0.5) is 36.8 Å². The Morgan fingerprint density at radius 2 is 1.66 bits per heavy atom. The lowest BCUT2D eigenvalue weighted by molar-refractivity contribution is -0.141. The highest BCUT2D eigenvalue weighted by atomic mass is 19.4. The number of amides is 2. The Balaban J connectivity index is 1.57. The van der Waals surface area contributed by atoms with E-state index in [2.05, 4.69) is 10.3 Å². The number of anilines is 1. The third kappa shape index (κ3) is 4.57. The average Bonchev–Trinajstić information content (AvgIpc) is 3.08. The standard InChI is InChI=1S/C24H26F6N4O/c1-15-11-19(24(28,29)30)31-13-18(15)34-14-21(32-20(34)35)7-9-22(10-8-21,33(2)3)16-5-4-6-17(12-16)23(25,26)27/h4-6,11-13H,7-10,14H2,1-3H3,(H,32,35). The summed E-state index contributed by atoms with van der Waals surface area (Å²) in [4.78, 5) is 19.6. The number of hydrogen-bond acceptors (Lipinski definition) is 3. The van der Waals surface area contributed by atoms with Gasteiger partial charge in [0.05, 0.1) is 29.5 Å². The Morgan fingerprint density at radius 1 is 1.00 bits per heavy atom. The molecule has 1 saturated heterocycles. The first kappa shape index (κ1) is 25.3. The molecule has 0 bridgehead atoms. The zero-order valence-corrected chi connectivity index (χ0v) is 19.5. The number of carbonyl (C=O) groups excluding carboxylic acids is 1. The van der Waals surface area contributed by atoms with Gasteiger partial charge in [-0.1, -0.05) is 12.1 Å². The third-order valence-electron chi connectivity index (χ3n) is 7.36. The number of aryl methyl sites for hydroxylation is 1. The number of halogens is 6. The van der Waals surface area contributed by atoms with E-state index in [1.54, 1.807) is 6.07 Å². The van der Waals surface area contributed by atoms with Gasteiger partial charge in [0.2, 0.25) is 0 Å². The van der Waals surface area contributed by atoms with E-state index >= 15 is 0 Å². The zero-order chi connectivity index (χ0) is 25.8. The number of urea groups is 1. The van der Waals surface area contributed by atoms with Crippen molar-refractivity contribution >= 4 is 11.7 Å². The number of benzene rings is 1. The highest BCUT2D eigenvalue weighted by Crippen LogP contribution is 2.47. The number of rotatable bonds is 3. The summed E-state index contributed by atoms with van der Waals surface area (Å²) in [5.41, 5.74) is -1.86. The molecule has 2 aromatic rings. The second-order valence-electron chi connectivity index (χ2n) is 9.65. The Kier molecular flexibility index (Phi) is 6.06. The minimum absolute atomic E-state index is 0.242. The van der Waals surface area contributed by atoms with E-state index in [0.29, 0.717) is 36.9 Å². The van der Waals surface area contributed by atoms with Crippen LogP contribution in [0.25, 0.3) is 0 Å². The van der Waals surface area contributed by atoms with Crippen molar-refractivity contribution in [3.63, 3.8) is 0 Å². The minimum atomic E-state index is -4.58. The first-order valence-corrected chi connectivity index (χ1v) is 11.2. The molecule has 1 aromatic carbocycles. The van der Waals surface area contributed by atoms with Crippen molar-refractivity contribution in [3.8, 4) is 0 Å². The van der Waals surface area contributed by atoms with Crippen LogP contribution in [-0.2, 0) is 17.9 Å². The van der Waals surface area contributed by atoms with Crippen molar-refractivity contribution in [2.24, 2.45) is 0 Å². The molecule has 2 fully saturated rings. The van der Waals surface area contributed by atoms with Gasteiger partial charge in [-0.15, -0.1) is 0 Å². The molecule has 190 valence electrons. The molecule has 1 aliphatic carbocycles. The predicted molar refractivity (Wildman–Crippen MR) is 118 cm³/mol. The smallest absolute Gasteiger partial charge is 0.330 e. The van der Waals surface area contributed by atoms with Gasteiger partial charge in [-0.05, 0) is 76.0 Å². The van der Waals surface area contributed by atoms with Gasteiger partial charge in [-0.3, -0.25) is 9.80 Å². The second kappa shape index (κ2) is 8.39. The molecule has 5 nitrogen and oxygen atoms in total. The number of alkyl halides is 6. The molecule has 1 spiro atoms. The molecule has 11 heteroatoms. The first-order chi connectivity index (χ1) is 16.2. The van der Waals surface area contributed by atoms with E-state index in [4.69, 9.17) is 0 Å². The van der Waals surface area contributed by atoms with Crippen molar-refractivity contribution in [3.05, 3.63) is 58.9 Å². The van der Waals surface area contributed by atoms with Crippen LogP contribution in [0.3, 0.4) is 0 Å². The minimum Gasteiger partial charge on any atom is -0.330 e. The van der Waals surface area contributed by atoms with Crippen molar-refractivity contribution in [2.45, 2.75) is 56.0 Å². The summed E-state index contributed by atoms with van der Waals surface area (Å²) in [5.74, 6) is 0. The molecule has 1 aliphatic heterocycles. The lowest BCUT2D eigenvalue weighted by atomic mass is 9.68. The Hall–Kier alpha value is -2.82. The van der Waals surface area contributed by atoms with E-state index in [9.17, 15) is 31.1 Å². The fraction of sp³-hybridized carbons (Fsp3) is 0.500. The molecule has 1 N–H and O–H groups in total. The SMILES string of the molecule is Cc1cc(C(F)(F)F)ncc1N1CC2(CCC(c3cccc(C(F)(F)F)c3)(N(C)C)CC2)NC1=O. The van der Waals surface area contributed by atoms with Gasteiger partial charge in [0.15, 0.2) is 0 Å². The zero-order valence-electron chi connectivity index (χ0n) is 19.5. The summed E-state index contributed by atoms with van der Waals surface area (Å²) in [7, 11) is 3.66. The maximum absolute atomic E-state index is 13.3. The van der Waals surface area contributed by atoms with Crippen LogP contribution in [0.15, 0.2) is 36.5 Å². The summed E-state index contributed by atoms with van der Waals surface area (Å²) in [6.07, 6.45) is -5.98. The van der Waals surface area contributed by atoms with Crippen molar-refractivity contribution in [1.29, 1.82) is 0 Å². The Bertz CT molecular complexity index is 1120. The van der Waals surface area contributed by atoms with E-state index in [-0.39, 0.29) is 12.1 Å². The van der Waals surface area contributed by atoms with E-state index < -0.39 is 40.7 Å². The van der Waals surface area contributed by atoms with Crippen LogP contribution >= 0.6 is 0 Å². The van der Waals surface area contributed by atoms with Gasteiger partial charge >= 0.3 is 18.4 Å². The van der Waals surface area contributed by atoms with Crippen molar-refractivity contribution in [1.82, 2.24) is 15.2 Å². The van der Waals surface area contributed by atoms with E-state index in [1.165, 1.54) is 24.0 Å². The highest BCUT2D eigenvalue weighted by Gasteiger charge is 2.51. The second-order valence-corrected chi connectivity index (χ2v) is 9.65. The molecule has 1 aromatic heterocycles. The lowest BCUT2D eigenvalue weighted by Gasteiger charge is -2.48. The number of pyridine rings is 1. The average molecular weight is 500 g/mol. The van der Waals surface area contributed by atoms with Crippen LogP contribution in [0.2, 0.25) is 0 Å². The number of carbonyl (C=O) groups is 1. The maximum atomic E-state index is 13.3. The van der Waals surface area contributed by atoms with Gasteiger partial charge in [0.1, 0.15) is 5.69 Å². The van der Waals surface area contributed by atoms with Crippen LogP contribution < -0.4 is 10.2 Å². The molecule has 2 aliphatic rings. The quantitative estimate of drug-likeness (QED) is 0.548. The molecule has 1 saturated carbocycles. The molecular weight excluding hydrogens is 474 g/mol. The number of nitrogens with one attached hydrogen (secondary N) is 1. The molecule has 0 radical (unpaired) electrons. The molecule has 2 heterocycles. The van der Waals surface area contributed by atoms with Crippen molar-refractivity contribution in [2.75, 3.05) is 25.5 Å². The molecular formula is C24H26F6N4O. The van der Waals surface area contributed by atoms with Crippen LogP contribution in [0, 0.1) is 6.92 Å². The lowest BCUT2D eigenvalue weighted by Crippen LogP contribution is -2.54. The fourth-order valence-corrected chi connectivity index (χ4v) is 5.29. The monoisotopic (exact) mass is 500 g/mol. The van der Waals surface area contributed by atoms with Gasteiger partial charge in [0.25, 0.3) is 0 Å². The maximum Gasteiger partial charge on any atom is 0.433 e. The molecule has 0 unspecified atom stereocenters. The van der Waals surface area contributed by atoms with Crippen LogP contribution in [0.5, 0.6) is 0 Å². The summed E-state index contributed by atoms with van der Waals surface area (Å²) in [5, 5.41) is 2.99. The number of nitrogens with zero attached hydrogens (tertiary/aromatic N) is 3. The molecule has 35 heavy (non-hydrogen) atoms. The Labute approximate surface area is 199 Å². The van der Waals surface area contributed by atoms with Gasteiger partial charge in [-0.2, -0.15) is 26.3 Å². The summed E-state index contributed by atoms with van der Waals surface area (Å²) < 4.78 is 79.0. The van der Waals surface area contributed by atoms with Gasteiger partial charge in [-0.25, -0.2) is 9.78 Å². The van der Waals surface area contributed by atoms with Crippen molar-refractivity contribution < 1.29 is 31.1 Å². The summed E-state index contributed by atoms with van der Waals surface area (Å²) >= 11 is 0. The number of hydrogen-bond donors (Lipinski definition) is 1. The molecule has 4 rings (SSSR count). The fourth-order valence-electron chi connectivity index (χ4n) is 5.29. The Morgan fingerprint density at radius 3 is 2.20 bits per heavy atom. The first-order valence-electron chi connectivity index (χ1n) is 11.2. The van der Waals surface area contributed by atoms with Crippen LogP contribution in [0.1, 0.15) is 48.1 Å². The van der Waals surface area contributed by atoms with Gasteiger partial charge < -0.3 is 5.32 Å².